The van der Waals surface area contributed by atoms with Crippen LogP contribution in [0.1, 0.15) is 52.4 Å². The molecule has 0 bridgehead atoms. The number of aromatic nitrogens is 1. The highest BCUT2D eigenvalue weighted by Crippen LogP contribution is 2.05. The molecule has 0 spiro atoms. The number of ether oxygens (including phenoxy) is 1. The zero-order chi connectivity index (χ0) is 17.8. The van der Waals surface area contributed by atoms with E-state index >= 15 is 0 Å². The predicted octanol–water partition coefficient (Wildman–Crippen LogP) is 3.39. The lowest BCUT2D eigenvalue weighted by Gasteiger charge is -2.00. The lowest BCUT2D eigenvalue weighted by Crippen LogP contribution is -2.17. The van der Waals surface area contributed by atoms with Gasteiger partial charge in [0.1, 0.15) is 5.58 Å². The summed E-state index contributed by atoms with van der Waals surface area (Å²) in [5.41, 5.74) is -0.104. The third-order valence-electron chi connectivity index (χ3n) is 3.34. The molecule has 2 rings (SSSR count). The molecule has 24 heavy (non-hydrogen) atoms. The Morgan fingerprint density at radius 2 is 1.79 bits per heavy atom. The molecule has 1 heterocycles. The van der Waals surface area contributed by atoms with E-state index in [1.165, 1.54) is 19.3 Å². The Morgan fingerprint density at radius 3 is 2.50 bits per heavy atom. The second kappa shape index (κ2) is 11.2. The van der Waals surface area contributed by atoms with Crippen LogP contribution >= 0.6 is 0 Å². The summed E-state index contributed by atoms with van der Waals surface area (Å²) in [6.45, 7) is 4.54. The van der Waals surface area contributed by atoms with Crippen LogP contribution in [-0.4, -0.2) is 17.6 Å². The van der Waals surface area contributed by atoms with Crippen molar-refractivity contribution in [1.29, 1.82) is 0 Å². The van der Waals surface area contributed by atoms with Crippen LogP contribution in [0.4, 0.5) is 0 Å². The van der Waals surface area contributed by atoms with Crippen molar-refractivity contribution < 1.29 is 13.9 Å². The van der Waals surface area contributed by atoms with E-state index in [-0.39, 0.29) is 5.97 Å². The van der Waals surface area contributed by atoms with Crippen LogP contribution in [0.25, 0.3) is 11.0 Å². The van der Waals surface area contributed by atoms with E-state index in [1.54, 1.807) is 24.3 Å². The first-order chi connectivity index (χ1) is 11.6. The van der Waals surface area contributed by atoms with Crippen molar-refractivity contribution in [2.45, 2.75) is 52.4 Å². The molecule has 6 heteroatoms. The third-order valence-corrected chi connectivity index (χ3v) is 3.34. The lowest BCUT2D eigenvalue weighted by atomic mass is 10.1. The Balaban J connectivity index is 0.000000240. The number of unbranched alkanes of at least 4 members (excludes halogenated alkanes) is 4. The largest absolute Gasteiger partial charge is 0.466 e. The molecule has 1 aromatic carbocycles. The highest BCUT2D eigenvalue weighted by atomic mass is 16.5. The zero-order valence-corrected chi connectivity index (χ0v) is 14.3. The maximum absolute atomic E-state index is 11.1. The topological polar surface area (TPSA) is 89.4 Å². The van der Waals surface area contributed by atoms with Gasteiger partial charge < -0.3 is 9.15 Å². The number of nitrogens with one attached hydrogen (secondary N) is 1. The summed E-state index contributed by atoms with van der Waals surface area (Å²) in [5, 5.41) is 0.386. The van der Waals surface area contributed by atoms with Gasteiger partial charge in [0.05, 0.1) is 12.0 Å². The Kier molecular flexibility index (Phi) is 9.19. The van der Waals surface area contributed by atoms with Crippen LogP contribution < -0.4 is 11.3 Å². The van der Waals surface area contributed by atoms with E-state index in [9.17, 15) is 14.4 Å². The second-order valence-corrected chi connectivity index (χ2v) is 5.31. The summed E-state index contributed by atoms with van der Waals surface area (Å²) >= 11 is 0. The van der Waals surface area contributed by atoms with Gasteiger partial charge in [-0.25, -0.2) is 4.79 Å². The van der Waals surface area contributed by atoms with Crippen molar-refractivity contribution in [1.82, 2.24) is 4.98 Å². The highest BCUT2D eigenvalue weighted by Gasteiger charge is 2.00. The van der Waals surface area contributed by atoms with Gasteiger partial charge in [-0.15, -0.1) is 0 Å². The molecule has 0 radical (unpaired) electrons. The van der Waals surface area contributed by atoms with Crippen LogP contribution in [0.5, 0.6) is 0 Å². The average Bonchev–Trinajstić information content (AvgIpc) is 2.55. The van der Waals surface area contributed by atoms with Gasteiger partial charge in [0.15, 0.2) is 0 Å². The smallest absolute Gasteiger partial charge is 0.419 e. The Morgan fingerprint density at radius 1 is 1.08 bits per heavy atom. The van der Waals surface area contributed by atoms with Crippen LogP contribution in [0.15, 0.2) is 38.3 Å². The fourth-order valence-corrected chi connectivity index (χ4v) is 2.13. The predicted molar refractivity (Wildman–Crippen MR) is 93.1 cm³/mol. The molecule has 0 amide bonds. The minimum Gasteiger partial charge on any atom is -0.466 e. The molecular weight excluding hydrogens is 310 g/mol. The normalized spacial score (nSPS) is 10.1. The molecule has 1 N–H and O–H groups in total. The van der Waals surface area contributed by atoms with E-state index in [2.05, 4.69) is 6.92 Å². The van der Waals surface area contributed by atoms with E-state index in [1.807, 2.05) is 11.9 Å². The van der Waals surface area contributed by atoms with Gasteiger partial charge in [-0.2, -0.15) is 0 Å². The number of hydrogen-bond acceptors (Lipinski definition) is 5. The van der Waals surface area contributed by atoms with Gasteiger partial charge in [0.2, 0.25) is 0 Å². The van der Waals surface area contributed by atoms with E-state index in [0.29, 0.717) is 24.0 Å². The number of aromatic amines is 1. The van der Waals surface area contributed by atoms with E-state index < -0.39 is 11.3 Å². The molecule has 132 valence electrons. The fraction of sp³-hybridized carbons (Fsp3) is 0.500. The van der Waals surface area contributed by atoms with Crippen LogP contribution in [0.2, 0.25) is 0 Å². The Bertz CT molecular complexity index is 732. The number of carbonyl (C=O) groups excluding carboxylic acids is 1. The Hall–Kier alpha value is -2.37. The number of hydrogen-bond donors (Lipinski definition) is 1. The molecule has 0 unspecified atom stereocenters. The second-order valence-electron chi connectivity index (χ2n) is 5.31. The molecule has 0 aliphatic rings. The molecule has 0 atom stereocenters. The molecule has 0 saturated heterocycles. The summed E-state index contributed by atoms with van der Waals surface area (Å²) in [5.74, 6) is -0.771. The zero-order valence-electron chi connectivity index (χ0n) is 14.3. The molecule has 0 fully saturated rings. The van der Waals surface area contributed by atoms with Crippen LogP contribution in [0, 0.1) is 0 Å². The van der Waals surface area contributed by atoms with Gasteiger partial charge in [0, 0.05) is 6.42 Å². The average molecular weight is 335 g/mol. The fourth-order valence-electron chi connectivity index (χ4n) is 2.13. The Labute approximate surface area is 140 Å². The van der Waals surface area contributed by atoms with Crippen molar-refractivity contribution in [3.63, 3.8) is 0 Å². The number of para-hydroxylation sites is 1. The number of H-pyrrole nitrogens is 1. The standard InChI is InChI=1S/C10H20O2.C8H5NO3/c1-3-5-6-7-8-9-10(11)12-4-2;10-7-5-3-1-2-4-6(5)12-8(11)9-7/h3-9H2,1-2H3;1-4H,(H,9,10,11). The summed E-state index contributed by atoms with van der Waals surface area (Å²) in [7, 11) is 0. The molecule has 6 nitrogen and oxygen atoms in total. The van der Waals surface area contributed by atoms with E-state index in [4.69, 9.17) is 9.15 Å². The maximum Gasteiger partial charge on any atom is 0.419 e. The number of esters is 1. The van der Waals surface area contributed by atoms with Crippen molar-refractivity contribution in [2.24, 2.45) is 0 Å². The van der Waals surface area contributed by atoms with Gasteiger partial charge in [-0.05, 0) is 25.5 Å². The lowest BCUT2D eigenvalue weighted by molar-refractivity contribution is -0.143. The number of rotatable bonds is 7. The highest BCUT2D eigenvalue weighted by molar-refractivity contribution is 5.74. The SMILES string of the molecule is CCCCCCCC(=O)OCC.O=c1[nH]c(=O)c2ccccc2o1. The maximum atomic E-state index is 11.1. The van der Waals surface area contributed by atoms with E-state index in [0.717, 1.165) is 12.8 Å². The summed E-state index contributed by atoms with van der Waals surface area (Å²) < 4.78 is 9.54. The summed E-state index contributed by atoms with van der Waals surface area (Å²) in [4.78, 5) is 34.7. The molecule has 0 aliphatic heterocycles. The van der Waals surface area contributed by atoms with Crippen LogP contribution in [0.3, 0.4) is 0 Å². The first-order valence-corrected chi connectivity index (χ1v) is 8.36. The number of benzene rings is 1. The van der Waals surface area contributed by atoms with Gasteiger partial charge in [-0.3, -0.25) is 14.6 Å². The minimum absolute atomic E-state index is 0.0472. The van der Waals surface area contributed by atoms with Gasteiger partial charge in [-0.1, -0.05) is 44.7 Å². The first kappa shape index (κ1) is 19.7. The quantitative estimate of drug-likeness (QED) is 0.619. The van der Waals surface area contributed by atoms with Crippen molar-refractivity contribution >= 4 is 16.9 Å². The monoisotopic (exact) mass is 335 g/mol. The molecule has 2 aromatic rings. The minimum atomic E-state index is -0.723. The van der Waals surface area contributed by atoms with Crippen molar-refractivity contribution in [2.75, 3.05) is 6.61 Å². The third kappa shape index (κ3) is 7.26. The molecule has 1 aromatic heterocycles. The van der Waals surface area contributed by atoms with Crippen molar-refractivity contribution in [3.05, 3.63) is 45.2 Å². The van der Waals surface area contributed by atoms with Gasteiger partial charge >= 0.3 is 11.7 Å². The summed E-state index contributed by atoms with van der Waals surface area (Å²) in [6.07, 6.45) is 6.52. The molecule has 0 saturated carbocycles. The van der Waals surface area contributed by atoms with Gasteiger partial charge in [0.25, 0.3) is 5.56 Å². The van der Waals surface area contributed by atoms with Crippen LogP contribution in [-0.2, 0) is 9.53 Å². The molecular formula is C18H25NO5. The van der Waals surface area contributed by atoms with Crippen molar-refractivity contribution in [3.8, 4) is 0 Å². The summed E-state index contributed by atoms with van der Waals surface area (Å²) in [6, 6.07) is 6.57. The number of carbonyl (C=O) groups is 1. The first-order valence-electron chi connectivity index (χ1n) is 8.36. The number of fused-ring (bicyclic) bond motifs is 1. The molecule has 0 aliphatic carbocycles.